The second-order valence-corrected chi connectivity index (χ2v) is 19.8. The summed E-state index contributed by atoms with van der Waals surface area (Å²) in [7, 11) is 1.13. The van der Waals surface area contributed by atoms with Crippen LogP contribution in [-0.4, -0.2) is 69.4 Å². The van der Waals surface area contributed by atoms with E-state index in [2.05, 4.69) is 68.6 Å². The average Bonchev–Trinajstić information content (AvgIpc) is 3.25. The number of likely N-dealkylation sites (N-methyl/N-ethyl adjacent to an activating group) is 1. The van der Waals surface area contributed by atoms with Crippen molar-refractivity contribution in [2.45, 2.75) is 219 Å². The zero-order valence-corrected chi connectivity index (χ0v) is 42.9. The number of nitrogens with zero attached hydrogens (tertiary/aromatic N) is 1. The second-order valence-electron chi connectivity index (χ2n) is 18.3. The highest BCUT2D eigenvalue weighted by molar-refractivity contribution is 7.45. The molecule has 64 heavy (non-hydrogen) atoms. The Bertz CT molecular complexity index is 1330. The van der Waals surface area contributed by atoms with Crippen LogP contribution in [0.3, 0.4) is 0 Å². The average molecular weight is 917 g/mol. The quantitative estimate of drug-likeness (QED) is 0.0162. The van der Waals surface area contributed by atoms with Gasteiger partial charge >= 0.3 is 5.97 Å². The number of carbonyl (C=O) groups excluding carboxylic acids is 2. The Balaban J connectivity index is 5.56. The monoisotopic (exact) mass is 917 g/mol. The van der Waals surface area contributed by atoms with Gasteiger partial charge in [0.05, 0.1) is 33.8 Å². The summed E-state index contributed by atoms with van der Waals surface area (Å²) in [5.74, 6) is -0.649. The molecule has 0 radical (unpaired) electrons. The maximum absolute atomic E-state index is 13.4. The van der Waals surface area contributed by atoms with Crippen LogP contribution in [0.5, 0.6) is 0 Å². The molecule has 370 valence electrons. The summed E-state index contributed by atoms with van der Waals surface area (Å²) in [5, 5.41) is 2.98. The van der Waals surface area contributed by atoms with E-state index >= 15 is 0 Å². The minimum Gasteiger partial charge on any atom is -0.756 e. The van der Waals surface area contributed by atoms with Gasteiger partial charge in [0.1, 0.15) is 19.3 Å². The third-order valence-corrected chi connectivity index (χ3v) is 11.9. The molecule has 9 nitrogen and oxygen atoms in total. The molecule has 3 atom stereocenters. The number of hydrogen-bond donors (Lipinski definition) is 1. The van der Waals surface area contributed by atoms with Crippen LogP contribution in [0.1, 0.15) is 207 Å². The first-order chi connectivity index (χ1) is 30.9. The minimum atomic E-state index is -4.71. The van der Waals surface area contributed by atoms with Crippen LogP contribution < -0.4 is 10.2 Å². The summed E-state index contributed by atoms with van der Waals surface area (Å²) >= 11 is 0. The number of phosphoric acid groups is 1. The van der Waals surface area contributed by atoms with Crippen molar-refractivity contribution in [1.82, 2.24) is 5.32 Å². The minimum absolute atomic E-state index is 0.0368. The number of esters is 1. The Kier molecular flexibility index (Phi) is 42.5. The van der Waals surface area contributed by atoms with Gasteiger partial charge in [0.2, 0.25) is 5.91 Å². The van der Waals surface area contributed by atoms with Gasteiger partial charge in [-0.1, -0.05) is 197 Å². The van der Waals surface area contributed by atoms with Crippen LogP contribution >= 0.6 is 7.82 Å². The van der Waals surface area contributed by atoms with Crippen LogP contribution in [0.4, 0.5) is 0 Å². The number of amides is 1. The Morgan fingerprint density at radius 2 is 1.08 bits per heavy atom. The maximum Gasteiger partial charge on any atom is 0.306 e. The lowest BCUT2D eigenvalue weighted by Crippen LogP contribution is -2.47. The number of quaternary nitrogens is 1. The molecule has 0 aliphatic rings. The van der Waals surface area contributed by atoms with Crippen LogP contribution in [0.15, 0.2) is 72.9 Å². The fourth-order valence-electron chi connectivity index (χ4n) is 6.93. The summed E-state index contributed by atoms with van der Waals surface area (Å²) in [6.07, 6.45) is 54.6. The first-order valence-corrected chi connectivity index (χ1v) is 27.2. The topological polar surface area (TPSA) is 114 Å². The van der Waals surface area contributed by atoms with Gasteiger partial charge in [-0.3, -0.25) is 14.2 Å². The van der Waals surface area contributed by atoms with E-state index in [9.17, 15) is 19.0 Å². The summed E-state index contributed by atoms with van der Waals surface area (Å²) in [4.78, 5) is 39.6. The Morgan fingerprint density at radius 1 is 0.578 bits per heavy atom. The number of ether oxygens (including phenoxy) is 1. The molecule has 0 aromatic carbocycles. The third kappa shape index (κ3) is 44.6. The molecular formula is C54H97N2O7P. The van der Waals surface area contributed by atoms with Gasteiger partial charge in [0.25, 0.3) is 7.82 Å². The van der Waals surface area contributed by atoms with E-state index in [0.717, 1.165) is 70.6 Å². The highest BCUT2D eigenvalue weighted by Gasteiger charge is 2.27. The summed E-state index contributed by atoms with van der Waals surface area (Å²) < 4.78 is 30.0. The lowest BCUT2D eigenvalue weighted by Gasteiger charge is -2.30. The number of rotatable bonds is 45. The Labute approximate surface area is 393 Å². The van der Waals surface area contributed by atoms with Crippen LogP contribution in [0.2, 0.25) is 0 Å². The predicted molar refractivity (Wildman–Crippen MR) is 270 cm³/mol. The maximum atomic E-state index is 13.4. The van der Waals surface area contributed by atoms with E-state index in [4.69, 9.17) is 13.8 Å². The molecule has 3 unspecified atom stereocenters. The van der Waals surface area contributed by atoms with Gasteiger partial charge < -0.3 is 28.5 Å². The fourth-order valence-corrected chi connectivity index (χ4v) is 7.65. The van der Waals surface area contributed by atoms with Crippen molar-refractivity contribution < 1.29 is 37.3 Å². The number of unbranched alkanes of at least 4 members (excludes halogenated alkanes) is 21. The molecule has 0 aromatic heterocycles. The van der Waals surface area contributed by atoms with Crippen molar-refractivity contribution in [3.63, 3.8) is 0 Å². The number of carbonyl (C=O) groups is 2. The van der Waals surface area contributed by atoms with Gasteiger partial charge in [0, 0.05) is 12.8 Å². The first-order valence-electron chi connectivity index (χ1n) is 25.8. The zero-order valence-electron chi connectivity index (χ0n) is 42.0. The predicted octanol–water partition coefficient (Wildman–Crippen LogP) is 14.3. The molecule has 1 amide bonds. The molecule has 0 heterocycles. The van der Waals surface area contributed by atoms with E-state index in [0.29, 0.717) is 23.9 Å². The second kappa shape index (κ2) is 44.3. The molecular weight excluding hydrogens is 820 g/mol. The largest absolute Gasteiger partial charge is 0.756 e. The number of allylic oxidation sites excluding steroid dienone is 11. The van der Waals surface area contributed by atoms with Crippen LogP contribution in [-0.2, 0) is 27.9 Å². The normalized spacial score (nSPS) is 14.5. The van der Waals surface area contributed by atoms with E-state index in [1.54, 1.807) is 6.08 Å². The van der Waals surface area contributed by atoms with Gasteiger partial charge in [-0.05, 0) is 70.3 Å². The SMILES string of the molecule is CC/C=C/C=C/C=C\CCCCCCCC(=O)NC(COP(=O)([O-])OCC[N+](C)(C)C)C(/C=C/CCCCCCCCCCCC)OC(=O)CC/C=C/C/C=C\CCCCCCCC. The van der Waals surface area contributed by atoms with Crippen molar-refractivity contribution in [2.24, 2.45) is 0 Å². The number of phosphoric ester groups is 1. The molecule has 0 rings (SSSR count). The Hall–Kier alpha value is -2.55. The van der Waals surface area contributed by atoms with Gasteiger partial charge in [-0.25, -0.2) is 0 Å². The van der Waals surface area contributed by atoms with Crippen molar-refractivity contribution in [3.8, 4) is 0 Å². The summed E-state index contributed by atoms with van der Waals surface area (Å²) in [6, 6.07) is -0.921. The lowest BCUT2D eigenvalue weighted by atomic mass is 10.1. The highest BCUT2D eigenvalue weighted by Crippen LogP contribution is 2.38. The van der Waals surface area contributed by atoms with Gasteiger partial charge in [-0.2, -0.15) is 0 Å². The Morgan fingerprint density at radius 3 is 1.64 bits per heavy atom. The molecule has 0 saturated carbocycles. The van der Waals surface area contributed by atoms with Crippen LogP contribution in [0.25, 0.3) is 0 Å². The zero-order chi connectivity index (χ0) is 47.3. The molecule has 1 N–H and O–H groups in total. The van der Waals surface area contributed by atoms with E-state index in [-0.39, 0.29) is 25.4 Å². The van der Waals surface area contributed by atoms with Crippen molar-refractivity contribution in [3.05, 3.63) is 72.9 Å². The molecule has 0 aromatic rings. The molecule has 0 fully saturated rings. The van der Waals surface area contributed by atoms with Crippen LogP contribution in [0, 0.1) is 0 Å². The molecule has 10 heteroatoms. The van der Waals surface area contributed by atoms with E-state index in [1.807, 2.05) is 45.4 Å². The van der Waals surface area contributed by atoms with Crippen molar-refractivity contribution >= 4 is 19.7 Å². The standard InChI is InChI=1S/C54H97N2O7P/c1-7-10-13-16-19-22-25-28-31-34-37-40-43-46-53(57)55-51(50-62-64(59,60)61-49-48-56(4,5)6)52(45-42-39-36-33-30-27-24-21-18-15-12-9-3)63-54(58)47-44-41-38-35-32-29-26-23-20-17-14-11-8-2/h10,13,16,19,22,25,29,32,38,41-42,45,51-52H,7-9,11-12,14-15,17-18,20-21,23-24,26-28,30-31,33-37,39-40,43-44,46-50H2,1-6H3,(H-,55,57,59,60)/b13-10+,19-16+,25-22-,32-29-,41-38+,45-42+. The van der Waals surface area contributed by atoms with Crippen molar-refractivity contribution in [1.29, 1.82) is 0 Å². The smallest absolute Gasteiger partial charge is 0.306 e. The molecule has 0 saturated heterocycles. The molecule has 0 spiro atoms. The van der Waals surface area contributed by atoms with E-state index < -0.39 is 32.5 Å². The summed E-state index contributed by atoms with van der Waals surface area (Å²) in [6.45, 7) is 6.61. The molecule has 0 aliphatic carbocycles. The molecule has 0 bridgehead atoms. The van der Waals surface area contributed by atoms with Crippen molar-refractivity contribution in [2.75, 3.05) is 40.9 Å². The van der Waals surface area contributed by atoms with Gasteiger partial charge in [-0.15, -0.1) is 0 Å². The fraction of sp³-hybridized carbons (Fsp3) is 0.741. The van der Waals surface area contributed by atoms with E-state index in [1.165, 1.54) is 89.9 Å². The van der Waals surface area contributed by atoms with Gasteiger partial charge in [0.15, 0.2) is 0 Å². The third-order valence-electron chi connectivity index (χ3n) is 10.9. The molecule has 0 aliphatic heterocycles. The summed E-state index contributed by atoms with van der Waals surface area (Å²) in [5.41, 5.74) is 0. The highest BCUT2D eigenvalue weighted by atomic mass is 31.2. The number of hydrogen-bond acceptors (Lipinski definition) is 7. The lowest BCUT2D eigenvalue weighted by molar-refractivity contribution is -0.870. The first kappa shape index (κ1) is 61.5. The number of nitrogens with one attached hydrogen (secondary N) is 1.